The van der Waals surface area contributed by atoms with Gasteiger partial charge in [-0.05, 0) is 67.1 Å². The fourth-order valence-electron chi connectivity index (χ4n) is 10.1. The van der Waals surface area contributed by atoms with Gasteiger partial charge in [-0.25, -0.2) is 4.79 Å². The summed E-state index contributed by atoms with van der Waals surface area (Å²) in [4.78, 5) is 58.3. The standard InChI is InChI=1S/C46H57NO17/c1-18-36(49)27(56-8)15-31(60-18)46(55,43(54)58-10)25-13-24-34(41-35(25)26(48)14-30(62-41)45(6)21(4)64-45)40(53)33-23(38(24)51)12-11-22(39(33)52)29-17-44(5,47-7)42(20(3)59-29)63-32-16-28(57-9)37(50)19(2)61-32/h11-14,18-21,27-29,31-32,36-37,42,47,49-50,52,55H,15-17H2,1-10H3/t18-,19-,20+,21?,27+,28+,29?,31?,32-,36-,37-,42-,44+,45?,46?/m1/s1. The third-order valence-electron chi connectivity index (χ3n) is 14.4. The summed E-state index contributed by atoms with van der Waals surface area (Å²) in [6.45, 7) is 10.4. The first-order valence-corrected chi connectivity index (χ1v) is 21.5. The van der Waals surface area contributed by atoms with E-state index in [1.165, 1.54) is 33.3 Å². The number of aromatic hydroxyl groups is 1. The highest BCUT2D eigenvalue weighted by atomic mass is 16.7. The van der Waals surface area contributed by atoms with Crippen molar-refractivity contribution in [2.45, 2.75) is 151 Å². The van der Waals surface area contributed by atoms with Crippen molar-refractivity contribution in [1.29, 1.82) is 0 Å². The van der Waals surface area contributed by atoms with E-state index in [2.05, 4.69) is 5.32 Å². The van der Waals surface area contributed by atoms with E-state index in [-0.39, 0.29) is 52.8 Å². The zero-order valence-corrected chi connectivity index (χ0v) is 37.5. The molecule has 0 spiro atoms. The van der Waals surface area contributed by atoms with Crippen LogP contribution in [0.25, 0.3) is 11.0 Å². The first-order valence-electron chi connectivity index (χ1n) is 21.5. The van der Waals surface area contributed by atoms with Crippen molar-refractivity contribution in [1.82, 2.24) is 5.32 Å². The lowest BCUT2D eigenvalue weighted by molar-refractivity contribution is -0.293. The van der Waals surface area contributed by atoms with Crippen LogP contribution in [0.5, 0.6) is 5.75 Å². The Bertz CT molecular complexity index is 2440. The van der Waals surface area contributed by atoms with Crippen LogP contribution in [-0.2, 0) is 53.9 Å². The summed E-state index contributed by atoms with van der Waals surface area (Å²) in [5, 5.41) is 49.0. The number of aliphatic hydroxyl groups excluding tert-OH is 2. The third kappa shape index (κ3) is 7.13. The lowest BCUT2D eigenvalue weighted by atomic mass is 9.75. The number of esters is 1. The number of phenolic OH excluding ortho intramolecular Hbond substituents is 1. The second kappa shape index (κ2) is 16.6. The fourth-order valence-corrected chi connectivity index (χ4v) is 10.1. The number of benzene rings is 2. The van der Waals surface area contributed by atoms with Crippen molar-refractivity contribution in [3.63, 3.8) is 0 Å². The molecule has 18 nitrogen and oxygen atoms in total. The van der Waals surface area contributed by atoms with Gasteiger partial charge in [-0.15, -0.1) is 0 Å². The van der Waals surface area contributed by atoms with Crippen LogP contribution in [-0.4, -0.2) is 139 Å². The molecule has 0 bridgehead atoms. The molecular weight excluding hydrogens is 838 g/mol. The van der Waals surface area contributed by atoms with E-state index in [4.69, 9.17) is 42.3 Å². The number of nitrogens with one attached hydrogen (secondary N) is 1. The number of epoxide rings is 1. The highest BCUT2D eigenvalue weighted by Gasteiger charge is 2.57. The van der Waals surface area contributed by atoms with Gasteiger partial charge in [0.15, 0.2) is 23.1 Å². The van der Waals surface area contributed by atoms with Crippen LogP contribution < -0.4 is 10.7 Å². The molecule has 5 heterocycles. The van der Waals surface area contributed by atoms with E-state index in [0.717, 1.165) is 19.2 Å². The van der Waals surface area contributed by atoms with Crippen LogP contribution in [0.15, 0.2) is 33.5 Å². The first-order chi connectivity index (χ1) is 30.2. The lowest BCUT2D eigenvalue weighted by Crippen LogP contribution is -2.62. The van der Waals surface area contributed by atoms with Crippen molar-refractivity contribution < 1.29 is 77.1 Å². The molecule has 64 heavy (non-hydrogen) atoms. The van der Waals surface area contributed by atoms with Crippen LogP contribution in [0.4, 0.5) is 0 Å². The maximum atomic E-state index is 15.1. The molecule has 0 radical (unpaired) electrons. The average Bonchev–Trinajstić information content (AvgIpc) is 3.90. The van der Waals surface area contributed by atoms with Gasteiger partial charge in [0.1, 0.15) is 41.5 Å². The molecule has 3 aromatic rings. The Morgan fingerprint density at radius 3 is 2.11 bits per heavy atom. The summed E-state index contributed by atoms with van der Waals surface area (Å²) in [5.74, 6) is -3.43. The van der Waals surface area contributed by atoms with Crippen molar-refractivity contribution in [2.24, 2.45) is 0 Å². The summed E-state index contributed by atoms with van der Waals surface area (Å²) in [6, 6.07) is 5.13. The number of phenols is 1. The number of rotatable bonds is 10. The van der Waals surface area contributed by atoms with Gasteiger partial charge in [0.25, 0.3) is 0 Å². The maximum absolute atomic E-state index is 15.1. The molecule has 5 N–H and O–H groups in total. The summed E-state index contributed by atoms with van der Waals surface area (Å²) in [7, 11) is 5.65. The molecule has 4 fully saturated rings. The Morgan fingerprint density at radius 1 is 0.859 bits per heavy atom. The van der Waals surface area contributed by atoms with Crippen LogP contribution in [0.3, 0.4) is 0 Å². The molecule has 1 aromatic heterocycles. The zero-order chi connectivity index (χ0) is 46.5. The Hall–Kier alpha value is -4.18. The Kier molecular flexibility index (Phi) is 12.0. The van der Waals surface area contributed by atoms with E-state index in [1.807, 2.05) is 13.8 Å². The minimum absolute atomic E-state index is 0.0160. The number of likely N-dealkylation sites (N-methyl/N-ethyl adjacent to an activating group) is 1. The second-order valence-corrected chi connectivity index (χ2v) is 18.1. The smallest absolute Gasteiger partial charge is 0.345 e. The molecule has 15 atom stereocenters. The van der Waals surface area contributed by atoms with Crippen LogP contribution in [0.1, 0.15) is 116 Å². The Balaban J connectivity index is 1.23. The molecule has 5 unspecified atom stereocenters. The topological polar surface area (TPSA) is 252 Å². The van der Waals surface area contributed by atoms with Gasteiger partial charge >= 0.3 is 5.97 Å². The monoisotopic (exact) mass is 895 g/mol. The van der Waals surface area contributed by atoms with E-state index in [1.54, 1.807) is 27.8 Å². The Labute approximate surface area is 369 Å². The number of hydrogen-bond donors (Lipinski definition) is 5. The van der Waals surface area contributed by atoms with E-state index >= 15 is 4.79 Å². The molecule has 1 aliphatic carbocycles. The molecular formula is C46H57NO17. The molecule has 4 saturated heterocycles. The molecule has 2 aromatic carbocycles. The molecule has 0 saturated carbocycles. The normalized spacial score (nSPS) is 37.1. The predicted octanol–water partition coefficient (Wildman–Crippen LogP) is 2.55. The number of carbonyl (C=O) groups is 3. The number of aliphatic hydroxyl groups is 3. The SMILES string of the molecule is CN[C@@]1(C)CC(c2ccc3c(c2O)C(=O)c2c(cc(C(O)(C(=O)OC)C4C[C@H](OC)[C@H](O)[C@@H](C)O4)c4c(=O)cc(C5(C)OC5C)oc24)C3=O)O[C@@H](C)[C@H]1O[C@@H]1C[C@H](OC)[C@H](O)[C@@H](C)O1. The summed E-state index contributed by atoms with van der Waals surface area (Å²) >= 11 is 0. The lowest BCUT2D eigenvalue weighted by Gasteiger charge is -2.49. The van der Waals surface area contributed by atoms with Gasteiger partial charge in [0.05, 0.1) is 66.4 Å². The van der Waals surface area contributed by atoms with Crippen LogP contribution in [0.2, 0.25) is 0 Å². The average molecular weight is 896 g/mol. The van der Waals surface area contributed by atoms with Crippen LogP contribution >= 0.6 is 0 Å². The third-order valence-corrected chi connectivity index (χ3v) is 14.4. The van der Waals surface area contributed by atoms with Crippen molar-refractivity contribution in [3.05, 3.63) is 73.6 Å². The molecule has 0 amide bonds. The fraction of sp³-hybridized carbons (Fsp3) is 0.609. The van der Waals surface area contributed by atoms with Gasteiger partial charge in [-0.3, -0.25) is 14.4 Å². The summed E-state index contributed by atoms with van der Waals surface area (Å²) < 4.78 is 53.3. The summed E-state index contributed by atoms with van der Waals surface area (Å²) in [5.41, 5.74) is -7.45. The highest BCUT2D eigenvalue weighted by Crippen LogP contribution is 2.50. The predicted molar refractivity (Wildman–Crippen MR) is 223 cm³/mol. The Morgan fingerprint density at radius 2 is 1.50 bits per heavy atom. The van der Waals surface area contributed by atoms with Crippen molar-refractivity contribution in [2.75, 3.05) is 28.4 Å². The summed E-state index contributed by atoms with van der Waals surface area (Å²) in [6.07, 6.45) is -9.37. The molecule has 348 valence electrons. The molecule has 8 rings (SSSR count). The van der Waals surface area contributed by atoms with Gasteiger partial charge in [0, 0.05) is 60.9 Å². The van der Waals surface area contributed by atoms with Gasteiger partial charge in [-0.2, -0.15) is 0 Å². The van der Waals surface area contributed by atoms with Gasteiger partial charge in [0.2, 0.25) is 11.4 Å². The maximum Gasteiger partial charge on any atom is 0.345 e. The van der Waals surface area contributed by atoms with Gasteiger partial charge in [-0.1, -0.05) is 6.07 Å². The van der Waals surface area contributed by atoms with E-state index in [0.29, 0.717) is 0 Å². The zero-order valence-electron chi connectivity index (χ0n) is 37.5. The largest absolute Gasteiger partial charge is 0.507 e. The minimum Gasteiger partial charge on any atom is -0.507 e. The number of ketones is 2. The van der Waals surface area contributed by atoms with E-state index in [9.17, 15) is 34.8 Å². The quantitative estimate of drug-likeness (QED) is 0.113. The number of hydrogen-bond acceptors (Lipinski definition) is 18. The van der Waals surface area contributed by atoms with E-state index < -0.39 is 135 Å². The molecule has 4 aliphatic heterocycles. The molecule has 5 aliphatic rings. The van der Waals surface area contributed by atoms with Crippen molar-refractivity contribution in [3.8, 4) is 5.75 Å². The minimum atomic E-state index is -2.82. The highest BCUT2D eigenvalue weighted by molar-refractivity contribution is 6.32. The van der Waals surface area contributed by atoms with Crippen LogP contribution in [0, 0.1) is 0 Å². The number of ether oxygens (including phenoxy) is 8. The first kappa shape index (κ1) is 46.4. The number of carbonyl (C=O) groups excluding carboxylic acids is 3. The number of fused-ring (bicyclic) bond motifs is 4. The van der Waals surface area contributed by atoms with Crippen molar-refractivity contribution >= 4 is 28.5 Å². The molecule has 18 heteroatoms. The van der Waals surface area contributed by atoms with Gasteiger partial charge < -0.3 is 68.1 Å². The second-order valence-electron chi connectivity index (χ2n) is 18.1. The number of methoxy groups -OCH3 is 3.